The standard InChI is InChI=1S/C4H6BrClO2/c1-2(6)3(5)4(7)8/h2-3H,1H3,(H,7,8)/t2-,3-/m1/s1. The average Bonchev–Trinajstić information content (AvgIpc) is 1.64. The molecule has 0 radical (unpaired) electrons. The summed E-state index contributed by atoms with van der Waals surface area (Å²) in [5.41, 5.74) is 0. The summed E-state index contributed by atoms with van der Waals surface area (Å²) in [5, 5.41) is 7.85. The zero-order chi connectivity index (χ0) is 6.73. The Kier molecular flexibility index (Phi) is 3.40. The summed E-state index contributed by atoms with van der Waals surface area (Å²) in [5.74, 6) is -0.924. The van der Waals surface area contributed by atoms with E-state index in [2.05, 4.69) is 15.9 Å². The van der Waals surface area contributed by atoms with Gasteiger partial charge in [0.2, 0.25) is 0 Å². The van der Waals surface area contributed by atoms with Gasteiger partial charge in [0.05, 0.1) is 5.38 Å². The van der Waals surface area contributed by atoms with Crippen LogP contribution < -0.4 is 0 Å². The Morgan fingerprint density at radius 1 is 1.88 bits per heavy atom. The number of hydrogen-bond donors (Lipinski definition) is 1. The van der Waals surface area contributed by atoms with Crippen LogP contribution in [0, 0.1) is 0 Å². The molecule has 0 saturated heterocycles. The van der Waals surface area contributed by atoms with Crippen molar-refractivity contribution in [2.45, 2.75) is 17.1 Å². The molecule has 2 atom stereocenters. The smallest absolute Gasteiger partial charge is 0.318 e. The molecule has 0 rings (SSSR count). The molecule has 0 amide bonds. The third kappa shape index (κ3) is 2.52. The number of rotatable bonds is 2. The third-order valence-corrected chi connectivity index (χ3v) is 2.38. The van der Waals surface area contributed by atoms with E-state index in [-0.39, 0.29) is 5.38 Å². The van der Waals surface area contributed by atoms with Gasteiger partial charge in [-0.25, -0.2) is 0 Å². The molecule has 1 N–H and O–H groups in total. The highest BCUT2D eigenvalue weighted by molar-refractivity contribution is 9.10. The molecule has 0 aliphatic carbocycles. The van der Waals surface area contributed by atoms with E-state index >= 15 is 0 Å². The van der Waals surface area contributed by atoms with Crippen LogP contribution in [0.4, 0.5) is 0 Å². The molecule has 0 fully saturated rings. The largest absolute Gasteiger partial charge is 0.480 e. The second kappa shape index (κ2) is 3.30. The van der Waals surface area contributed by atoms with Gasteiger partial charge in [0.15, 0.2) is 0 Å². The van der Waals surface area contributed by atoms with Gasteiger partial charge >= 0.3 is 5.97 Å². The molecule has 0 saturated carbocycles. The second-order valence-corrected chi connectivity index (χ2v) is 3.09. The minimum Gasteiger partial charge on any atom is -0.480 e. The number of alkyl halides is 2. The third-order valence-electron chi connectivity index (χ3n) is 0.639. The van der Waals surface area contributed by atoms with E-state index in [4.69, 9.17) is 16.7 Å². The second-order valence-electron chi connectivity index (χ2n) is 1.42. The fourth-order valence-electron chi connectivity index (χ4n) is 0.196. The SMILES string of the molecule is C[C@@H](Cl)[C@@H](Br)C(=O)O. The quantitative estimate of drug-likeness (QED) is 0.687. The van der Waals surface area contributed by atoms with Gasteiger partial charge in [0, 0.05) is 0 Å². The van der Waals surface area contributed by atoms with Gasteiger partial charge in [0.25, 0.3) is 0 Å². The van der Waals surface area contributed by atoms with Crippen molar-refractivity contribution in [1.82, 2.24) is 0 Å². The lowest BCUT2D eigenvalue weighted by Crippen LogP contribution is -2.20. The highest BCUT2D eigenvalue weighted by atomic mass is 79.9. The van der Waals surface area contributed by atoms with Crippen LogP contribution >= 0.6 is 27.5 Å². The van der Waals surface area contributed by atoms with E-state index in [1.54, 1.807) is 6.92 Å². The van der Waals surface area contributed by atoms with E-state index in [0.29, 0.717) is 0 Å². The highest BCUT2D eigenvalue weighted by Gasteiger charge is 2.18. The summed E-state index contributed by atoms with van der Waals surface area (Å²) >= 11 is 8.27. The molecule has 0 bridgehead atoms. The van der Waals surface area contributed by atoms with Crippen LogP contribution in [-0.4, -0.2) is 21.3 Å². The van der Waals surface area contributed by atoms with Crippen molar-refractivity contribution in [3.05, 3.63) is 0 Å². The lowest BCUT2D eigenvalue weighted by Gasteiger charge is -2.03. The molecule has 2 nitrogen and oxygen atoms in total. The molecule has 0 aromatic carbocycles. The lowest BCUT2D eigenvalue weighted by atomic mass is 10.3. The molecule has 0 spiro atoms. The first-order valence-corrected chi connectivity index (χ1v) is 3.42. The number of carboxylic acids is 1. The molecular weight excluding hydrogens is 195 g/mol. The molecule has 0 aliphatic rings. The van der Waals surface area contributed by atoms with E-state index in [9.17, 15) is 4.79 Å². The van der Waals surface area contributed by atoms with Crippen LogP contribution in [0.2, 0.25) is 0 Å². The Morgan fingerprint density at radius 2 is 2.25 bits per heavy atom. The Morgan fingerprint density at radius 3 is 2.25 bits per heavy atom. The minimum atomic E-state index is -0.924. The molecule has 0 heterocycles. The van der Waals surface area contributed by atoms with Crippen LogP contribution in [-0.2, 0) is 4.79 Å². The van der Waals surface area contributed by atoms with Crippen molar-refractivity contribution in [2.24, 2.45) is 0 Å². The molecule has 8 heavy (non-hydrogen) atoms. The number of aliphatic carboxylic acids is 1. The summed E-state index contributed by atoms with van der Waals surface area (Å²) in [6.07, 6.45) is 0. The van der Waals surface area contributed by atoms with Crippen LogP contribution in [0.5, 0.6) is 0 Å². The number of carboxylic acid groups (broad SMARTS) is 1. The van der Waals surface area contributed by atoms with Crippen molar-refractivity contribution >= 4 is 33.5 Å². The molecule has 0 aliphatic heterocycles. The van der Waals surface area contributed by atoms with Crippen LogP contribution in [0.15, 0.2) is 0 Å². The fourth-order valence-corrected chi connectivity index (χ4v) is 0.304. The van der Waals surface area contributed by atoms with Crippen molar-refractivity contribution in [3.8, 4) is 0 Å². The van der Waals surface area contributed by atoms with Gasteiger partial charge in [0.1, 0.15) is 4.83 Å². The first-order valence-electron chi connectivity index (χ1n) is 2.06. The molecule has 0 aromatic rings. The van der Waals surface area contributed by atoms with E-state index in [1.165, 1.54) is 0 Å². The maximum Gasteiger partial charge on any atom is 0.318 e. The van der Waals surface area contributed by atoms with Crippen LogP contribution in [0.25, 0.3) is 0 Å². The topological polar surface area (TPSA) is 37.3 Å². The van der Waals surface area contributed by atoms with Crippen molar-refractivity contribution in [3.63, 3.8) is 0 Å². The summed E-state index contributed by atoms with van der Waals surface area (Å²) in [6, 6.07) is 0. The summed E-state index contributed by atoms with van der Waals surface area (Å²) in [4.78, 5) is 9.37. The summed E-state index contributed by atoms with van der Waals surface area (Å²) in [6.45, 7) is 1.62. The van der Waals surface area contributed by atoms with Gasteiger partial charge in [-0.3, -0.25) is 4.79 Å². The number of hydrogen-bond acceptors (Lipinski definition) is 1. The number of halogens is 2. The average molecular weight is 201 g/mol. The number of carbonyl (C=O) groups is 1. The van der Waals surface area contributed by atoms with E-state index in [0.717, 1.165) is 0 Å². The van der Waals surface area contributed by atoms with Gasteiger partial charge < -0.3 is 5.11 Å². The Balaban J connectivity index is 3.64. The van der Waals surface area contributed by atoms with E-state index < -0.39 is 10.8 Å². The first-order chi connectivity index (χ1) is 3.55. The Bertz CT molecular complexity index is 94.0. The predicted molar refractivity (Wildman–Crippen MR) is 35.7 cm³/mol. The normalized spacial score (nSPS) is 17.4. The Labute approximate surface area is 61.0 Å². The fraction of sp³-hybridized carbons (Fsp3) is 0.750. The van der Waals surface area contributed by atoms with Crippen LogP contribution in [0.3, 0.4) is 0 Å². The first kappa shape index (κ1) is 8.24. The molecule has 0 aromatic heterocycles. The van der Waals surface area contributed by atoms with Gasteiger partial charge in [-0.2, -0.15) is 0 Å². The monoisotopic (exact) mass is 200 g/mol. The maximum atomic E-state index is 10.0. The zero-order valence-corrected chi connectivity index (χ0v) is 6.61. The predicted octanol–water partition coefficient (Wildman–Crippen LogP) is 1.46. The highest BCUT2D eigenvalue weighted by Crippen LogP contribution is 2.10. The minimum absolute atomic E-state index is 0.368. The van der Waals surface area contributed by atoms with Crippen molar-refractivity contribution in [2.75, 3.05) is 0 Å². The molecule has 48 valence electrons. The molecule has 0 unspecified atom stereocenters. The zero-order valence-electron chi connectivity index (χ0n) is 4.27. The van der Waals surface area contributed by atoms with Crippen molar-refractivity contribution in [1.29, 1.82) is 0 Å². The Hall–Kier alpha value is 0.240. The van der Waals surface area contributed by atoms with Crippen molar-refractivity contribution < 1.29 is 9.90 Å². The summed E-state index contributed by atoms with van der Waals surface area (Å²) in [7, 11) is 0. The summed E-state index contributed by atoms with van der Waals surface area (Å²) < 4.78 is 0. The van der Waals surface area contributed by atoms with Gasteiger partial charge in [-0.15, -0.1) is 11.6 Å². The maximum absolute atomic E-state index is 10.0. The molecule has 4 heteroatoms. The molecular formula is C4H6BrClO2. The van der Waals surface area contributed by atoms with Gasteiger partial charge in [-0.1, -0.05) is 15.9 Å². The van der Waals surface area contributed by atoms with E-state index in [1.807, 2.05) is 0 Å². The van der Waals surface area contributed by atoms with Crippen LogP contribution in [0.1, 0.15) is 6.92 Å². The lowest BCUT2D eigenvalue weighted by molar-refractivity contribution is -0.136. The van der Waals surface area contributed by atoms with Gasteiger partial charge in [-0.05, 0) is 6.92 Å².